The quantitative estimate of drug-likeness (QED) is 0.831. The van der Waals surface area contributed by atoms with Crippen LogP contribution in [0.4, 0.5) is 4.79 Å². The van der Waals surface area contributed by atoms with E-state index in [2.05, 4.69) is 0 Å². The molecule has 0 aliphatic heterocycles. The first-order chi connectivity index (χ1) is 12.6. The van der Waals surface area contributed by atoms with Gasteiger partial charge in [-0.1, -0.05) is 42.5 Å². The number of carboxylic acid groups (broad SMARTS) is 1. The Labute approximate surface area is 159 Å². The maximum atomic E-state index is 12.0. The van der Waals surface area contributed by atoms with Crippen molar-refractivity contribution in [3.05, 3.63) is 59.7 Å². The van der Waals surface area contributed by atoms with Crippen LogP contribution in [0.15, 0.2) is 48.5 Å². The van der Waals surface area contributed by atoms with E-state index in [1.165, 1.54) is 4.90 Å². The van der Waals surface area contributed by atoms with Gasteiger partial charge in [-0.3, -0.25) is 0 Å². The average molecular weight is 371 g/mol. The maximum Gasteiger partial charge on any atom is 0.410 e. The summed E-state index contributed by atoms with van der Waals surface area (Å²) in [4.78, 5) is 24.7. The number of rotatable bonds is 5. The zero-order valence-electron chi connectivity index (χ0n) is 16.0. The van der Waals surface area contributed by atoms with Gasteiger partial charge >= 0.3 is 12.1 Å². The van der Waals surface area contributed by atoms with Crippen molar-refractivity contribution < 1.29 is 24.5 Å². The van der Waals surface area contributed by atoms with E-state index >= 15 is 0 Å². The van der Waals surface area contributed by atoms with Crippen molar-refractivity contribution in [3.63, 3.8) is 0 Å². The fraction of sp³-hybridized carbons (Fsp3) is 0.333. The third-order valence-corrected chi connectivity index (χ3v) is 3.92. The fourth-order valence-electron chi connectivity index (χ4n) is 2.59. The van der Waals surface area contributed by atoms with E-state index in [1.54, 1.807) is 76.3 Å². The molecule has 0 spiro atoms. The van der Waals surface area contributed by atoms with Crippen LogP contribution in [-0.4, -0.2) is 46.4 Å². The highest BCUT2D eigenvalue weighted by atomic mass is 16.6. The number of aliphatic hydroxyl groups excluding tert-OH is 1. The Balaban J connectivity index is 2.11. The molecule has 1 unspecified atom stereocenters. The molecule has 0 saturated heterocycles. The molecular formula is C21H25NO5. The predicted octanol–water partition coefficient (Wildman–Crippen LogP) is 3.95. The van der Waals surface area contributed by atoms with Crippen LogP contribution in [0.25, 0.3) is 11.1 Å². The molecule has 0 saturated carbocycles. The Kier molecular flexibility index (Phi) is 6.23. The van der Waals surface area contributed by atoms with Crippen molar-refractivity contribution in [2.24, 2.45) is 0 Å². The maximum absolute atomic E-state index is 12.0. The van der Waals surface area contributed by atoms with Crippen molar-refractivity contribution in [2.75, 3.05) is 13.6 Å². The minimum atomic E-state index is -0.992. The van der Waals surface area contributed by atoms with Gasteiger partial charge in [-0.05, 0) is 43.5 Å². The van der Waals surface area contributed by atoms with Crippen molar-refractivity contribution in [1.82, 2.24) is 4.90 Å². The van der Waals surface area contributed by atoms with Crippen LogP contribution >= 0.6 is 0 Å². The fourth-order valence-corrected chi connectivity index (χ4v) is 2.59. The summed E-state index contributed by atoms with van der Waals surface area (Å²) in [5.74, 6) is -0.992. The smallest absolute Gasteiger partial charge is 0.410 e. The standard InChI is InChI=1S/C21H25NO5/c1-21(2,3)27-20(26)22(4)13-18(23)15-11-9-14(10-12-15)16-7-5-6-8-17(16)19(24)25/h5-12,18,23H,13H2,1-4H3,(H,24,25). The Morgan fingerprint density at radius 1 is 1.07 bits per heavy atom. The lowest BCUT2D eigenvalue weighted by Crippen LogP contribution is -2.36. The van der Waals surface area contributed by atoms with Crippen LogP contribution in [0.1, 0.15) is 42.8 Å². The number of likely N-dealkylation sites (N-methyl/N-ethyl adjacent to an activating group) is 1. The Morgan fingerprint density at radius 2 is 1.67 bits per heavy atom. The summed E-state index contributed by atoms with van der Waals surface area (Å²) in [6, 6.07) is 13.7. The lowest BCUT2D eigenvalue weighted by Gasteiger charge is -2.26. The van der Waals surface area contributed by atoms with E-state index in [4.69, 9.17) is 4.74 Å². The van der Waals surface area contributed by atoms with E-state index in [9.17, 15) is 19.8 Å². The molecule has 2 N–H and O–H groups in total. The predicted molar refractivity (Wildman–Crippen MR) is 103 cm³/mol. The number of carboxylic acids is 1. The molecule has 0 heterocycles. The van der Waals surface area contributed by atoms with E-state index < -0.39 is 23.8 Å². The number of hydrogen-bond acceptors (Lipinski definition) is 4. The minimum absolute atomic E-state index is 0.0833. The number of nitrogens with zero attached hydrogens (tertiary/aromatic N) is 1. The first-order valence-corrected chi connectivity index (χ1v) is 8.63. The van der Waals surface area contributed by atoms with E-state index in [0.717, 1.165) is 5.56 Å². The molecule has 6 nitrogen and oxygen atoms in total. The zero-order chi connectivity index (χ0) is 20.2. The van der Waals surface area contributed by atoms with Gasteiger partial charge in [0.15, 0.2) is 0 Å². The van der Waals surface area contributed by atoms with Gasteiger partial charge in [-0.15, -0.1) is 0 Å². The molecule has 27 heavy (non-hydrogen) atoms. The molecule has 0 aromatic heterocycles. The van der Waals surface area contributed by atoms with Crippen LogP contribution in [-0.2, 0) is 4.74 Å². The molecule has 0 radical (unpaired) electrons. The zero-order valence-corrected chi connectivity index (χ0v) is 16.0. The highest BCUT2D eigenvalue weighted by Crippen LogP contribution is 2.26. The highest BCUT2D eigenvalue weighted by molar-refractivity contribution is 5.95. The molecule has 2 rings (SSSR count). The van der Waals surface area contributed by atoms with Crippen molar-refractivity contribution in [3.8, 4) is 11.1 Å². The van der Waals surface area contributed by atoms with Crippen LogP contribution in [0.2, 0.25) is 0 Å². The van der Waals surface area contributed by atoms with Gasteiger partial charge in [0.25, 0.3) is 0 Å². The SMILES string of the molecule is CN(CC(O)c1ccc(-c2ccccc2C(=O)O)cc1)C(=O)OC(C)(C)C. The summed E-state index contributed by atoms with van der Waals surface area (Å²) in [6.45, 7) is 5.43. The van der Waals surface area contributed by atoms with Gasteiger partial charge in [-0.25, -0.2) is 9.59 Å². The van der Waals surface area contributed by atoms with Gasteiger partial charge in [0, 0.05) is 7.05 Å². The topological polar surface area (TPSA) is 87.1 Å². The average Bonchev–Trinajstić information content (AvgIpc) is 2.60. The van der Waals surface area contributed by atoms with E-state index in [0.29, 0.717) is 11.1 Å². The lowest BCUT2D eigenvalue weighted by molar-refractivity contribution is 0.0205. The number of aromatic carboxylic acids is 1. The van der Waals surface area contributed by atoms with Crippen LogP contribution in [0, 0.1) is 0 Å². The van der Waals surface area contributed by atoms with Gasteiger partial charge in [0.2, 0.25) is 0 Å². The number of carbonyl (C=O) groups is 2. The second kappa shape index (κ2) is 8.22. The second-order valence-electron chi connectivity index (χ2n) is 7.35. The van der Waals surface area contributed by atoms with Crippen molar-refractivity contribution in [2.45, 2.75) is 32.5 Å². The van der Waals surface area contributed by atoms with Gasteiger partial charge in [0.05, 0.1) is 18.2 Å². The molecule has 144 valence electrons. The molecule has 1 atom stereocenters. The Hall–Kier alpha value is -2.86. The van der Waals surface area contributed by atoms with Crippen LogP contribution in [0.3, 0.4) is 0 Å². The number of carbonyl (C=O) groups excluding carboxylic acids is 1. The normalized spacial score (nSPS) is 12.3. The monoisotopic (exact) mass is 371 g/mol. The van der Waals surface area contributed by atoms with Crippen LogP contribution in [0.5, 0.6) is 0 Å². The summed E-state index contributed by atoms with van der Waals surface area (Å²) in [6.07, 6.45) is -1.39. The number of amides is 1. The summed E-state index contributed by atoms with van der Waals surface area (Å²) in [5, 5.41) is 19.7. The number of hydrogen-bond donors (Lipinski definition) is 2. The highest BCUT2D eigenvalue weighted by Gasteiger charge is 2.22. The van der Waals surface area contributed by atoms with Gasteiger partial charge < -0.3 is 19.8 Å². The van der Waals surface area contributed by atoms with Crippen molar-refractivity contribution in [1.29, 1.82) is 0 Å². The molecule has 0 fully saturated rings. The number of aliphatic hydroxyl groups is 1. The first kappa shape index (κ1) is 20.5. The largest absolute Gasteiger partial charge is 0.478 e. The van der Waals surface area contributed by atoms with Gasteiger partial charge in [0.1, 0.15) is 5.60 Å². The third kappa shape index (κ3) is 5.56. The van der Waals surface area contributed by atoms with Crippen LogP contribution < -0.4 is 0 Å². The van der Waals surface area contributed by atoms with E-state index in [-0.39, 0.29) is 12.1 Å². The summed E-state index contributed by atoms with van der Waals surface area (Å²) in [5.41, 5.74) is 1.59. The molecule has 0 bridgehead atoms. The Morgan fingerprint density at radius 3 is 2.22 bits per heavy atom. The molecule has 1 amide bonds. The third-order valence-electron chi connectivity index (χ3n) is 3.92. The molecular weight excluding hydrogens is 346 g/mol. The summed E-state index contributed by atoms with van der Waals surface area (Å²) >= 11 is 0. The number of ether oxygens (including phenoxy) is 1. The van der Waals surface area contributed by atoms with E-state index in [1.807, 2.05) is 0 Å². The minimum Gasteiger partial charge on any atom is -0.478 e. The summed E-state index contributed by atoms with van der Waals surface area (Å²) in [7, 11) is 1.56. The molecule has 0 aliphatic rings. The van der Waals surface area contributed by atoms with Gasteiger partial charge in [-0.2, -0.15) is 0 Å². The van der Waals surface area contributed by atoms with Crippen molar-refractivity contribution >= 4 is 12.1 Å². The molecule has 0 aliphatic carbocycles. The molecule has 6 heteroatoms. The molecule has 2 aromatic carbocycles. The summed E-state index contributed by atoms with van der Waals surface area (Å²) < 4.78 is 5.27. The Bertz CT molecular complexity index is 808. The lowest BCUT2D eigenvalue weighted by atomic mass is 9.97. The molecule has 2 aromatic rings. The first-order valence-electron chi connectivity index (χ1n) is 8.63. The number of benzene rings is 2. The second-order valence-corrected chi connectivity index (χ2v) is 7.35.